The zero-order valence-corrected chi connectivity index (χ0v) is 21.9. The molecule has 1 heterocycles. The standard InChI is InChI=1S/C32H24N2O4S/c1-2-20-12-14-22(15-13-20)30-28-27(31(35)25-10-6-7-11-26(25)32(28)36)29(21-8-4-3-5-9-21)34(30)23-16-18-24(19-17-23)39(33,37)38/h3-19H,2H2,1H3,(H2,33,37,38). The molecule has 1 aliphatic carbocycles. The molecule has 0 fully saturated rings. The van der Waals surface area contributed by atoms with E-state index in [0.717, 1.165) is 23.1 Å². The van der Waals surface area contributed by atoms with Gasteiger partial charge in [0, 0.05) is 16.8 Å². The highest BCUT2D eigenvalue weighted by atomic mass is 32.2. The number of nitrogens with two attached hydrogens (primary N) is 1. The van der Waals surface area contributed by atoms with Gasteiger partial charge in [-0.1, -0.05) is 85.8 Å². The highest BCUT2D eigenvalue weighted by molar-refractivity contribution is 7.89. The molecule has 4 aromatic carbocycles. The molecule has 0 amide bonds. The quantitative estimate of drug-likeness (QED) is 0.303. The minimum Gasteiger partial charge on any atom is -0.308 e. The van der Waals surface area contributed by atoms with Crippen LogP contribution in [0.4, 0.5) is 0 Å². The van der Waals surface area contributed by atoms with Gasteiger partial charge >= 0.3 is 0 Å². The van der Waals surface area contributed by atoms with Crippen LogP contribution in [-0.4, -0.2) is 24.6 Å². The van der Waals surface area contributed by atoms with Crippen LogP contribution in [0.1, 0.15) is 44.3 Å². The van der Waals surface area contributed by atoms with Crippen molar-refractivity contribution in [1.82, 2.24) is 4.57 Å². The van der Waals surface area contributed by atoms with E-state index in [-0.39, 0.29) is 16.5 Å². The van der Waals surface area contributed by atoms with Crippen LogP contribution >= 0.6 is 0 Å². The molecule has 0 saturated carbocycles. The Balaban J connectivity index is 1.76. The first-order valence-electron chi connectivity index (χ1n) is 12.5. The number of nitrogens with zero attached hydrogens (tertiary/aromatic N) is 1. The maximum Gasteiger partial charge on any atom is 0.238 e. The molecule has 6 nitrogen and oxygen atoms in total. The lowest BCUT2D eigenvalue weighted by Crippen LogP contribution is -2.20. The number of primary sulfonamides is 1. The van der Waals surface area contributed by atoms with Crippen LogP contribution in [0.25, 0.3) is 28.2 Å². The fourth-order valence-electron chi connectivity index (χ4n) is 5.25. The van der Waals surface area contributed by atoms with E-state index in [0.29, 0.717) is 39.3 Å². The van der Waals surface area contributed by atoms with Crippen LogP contribution in [-0.2, 0) is 16.4 Å². The normalized spacial score (nSPS) is 12.8. The van der Waals surface area contributed by atoms with Crippen LogP contribution in [0.15, 0.2) is 108 Å². The molecule has 1 aliphatic rings. The van der Waals surface area contributed by atoms with E-state index in [2.05, 4.69) is 6.92 Å². The van der Waals surface area contributed by atoms with E-state index in [1.165, 1.54) is 12.1 Å². The summed E-state index contributed by atoms with van der Waals surface area (Å²) in [5.74, 6) is -0.461. The van der Waals surface area contributed by atoms with Crippen LogP contribution in [0.2, 0.25) is 0 Å². The number of hydrogen-bond acceptors (Lipinski definition) is 4. The van der Waals surface area contributed by atoms with Crippen molar-refractivity contribution in [2.75, 3.05) is 0 Å². The first-order chi connectivity index (χ1) is 18.8. The fraction of sp³-hybridized carbons (Fsp3) is 0.0625. The monoisotopic (exact) mass is 532 g/mol. The summed E-state index contributed by atoms with van der Waals surface area (Å²) >= 11 is 0. The molecule has 6 rings (SSSR count). The van der Waals surface area contributed by atoms with Crippen molar-refractivity contribution < 1.29 is 18.0 Å². The Kier molecular flexibility index (Phi) is 5.90. The highest BCUT2D eigenvalue weighted by Crippen LogP contribution is 2.44. The summed E-state index contributed by atoms with van der Waals surface area (Å²) in [5, 5.41) is 5.36. The van der Waals surface area contributed by atoms with Gasteiger partial charge in [0.05, 0.1) is 27.4 Å². The van der Waals surface area contributed by atoms with E-state index in [1.807, 2.05) is 59.2 Å². The smallest absolute Gasteiger partial charge is 0.238 e. The third kappa shape index (κ3) is 4.03. The largest absolute Gasteiger partial charge is 0.308 e. The number of aromatic nitrogens is 1. The molecule has 5 aromatic rings. The Morgan fingerprint density at radius 2 is 1.13 bits per heavy atom. The number of aryl methyl sites for hydroxylation is 1. The van der Waals surface area contributed by atoms with Crippen molar-refractivity contribution in [3.05, 3.63) is 131 Å². The number of fused-ring (bicyclic) bond motifs is 2. The van der Waals surface area contributed by atoms with E-state index >= 15 is 0 Å². The number of ketones is 2. The van der Waals surface area contributed by atoms with Gasteiger partial charge in [-0.15, -0.1) is 0 Å². The zero-order chi connectivity index (χ0) is 27.3. The van der Waals surface area contributed by atoms with Gasteiger partial charge in [0.15, 0.2) is 11.6 Å². The fourth-order valence-corrected chi connectivity index (χ4v) is 5.76. The van der Waals surface area contributed by atoms with Crippen LogP contribution < -0.4 is 5.14 Å². The molecule has 0 atom stereocenters. The summed E-state index contributed by atoms with van der Waals surface area (Å²) in [5.41, 5.74) is 5.77. The first kappa shape index (κ1) is 24.7. The Morgan fingerprint density at radius 3 is 1.62 bits per heavy atom. The van der Waals surface area contributed by atoms with Crippen molar-refractivity contribution in [3.63, 3.8) is 0 Å². The summed E-state index contributed by atoms with van der Waals surface area (Å²) in [4.78, 5) is 28.2. The number of hydrogen-bond donors (Lipinski definition) is 1. The predicted molar refractivity (Wildman–Crippen MR) is 151 cm³/mol. The second-order valence-corrected chi connectivity index (χ2v) is 11.0. The average molecular weight is 533 g/mol. The van der Waals surface area contributed by atoms with Crippen molar-refractivity contribution in [1.29, 1.82) is 0 Å². The maximum absolute atomic E-state index is 14.1. The predicted octanol–water partition coefficient (Wildman–Crippen LogP) is 5.80. The molecule has 0 spiro atoms. The second kappa shape index (κ2) is 9.31. The Hall–Kier alpha value is -4.59. The number of sulfonamides is 1. The summed E-state index contributed by atoms with van der Waals surface area (Å²) in [6, 6.07) is 30.4. The summed E-state index contributed by atoms with van der Waals surface area (Å²) in [7, 11) is -3.91. The Labute approximate surface area is 226 Å². The van der Waals surface area contributed by atoms with Gasteiger partial charge in [0.1, 0.15) is 0 Å². The van der Waals surface area contributed by atoms with Crippen LogP contribution in [0.3, 0.4) is 0 Å². The molecule has 192 valence electrons. The van der Waals surface area contributed by atoms with E-state index in [1.54, 1.807) is 36.4 Å². The molecule has 0 unspecified atom stereocenters. The SMILES string of the molecule is CCc1ccc(-c2c3c(c(-c4ccccc4)n2-c2ccc(S(N)(=O)=O)cc2)C(=O)c2ccccc2C3=O)cc1. The molecule has 0 bridgehead atoms. The lowest BCUT2D eigenvalue weighted by molar-refractivity contribution is 0.0981. The summed E-state index contributed by atoms with van der Waals surface area (Å²) < 4.78 is 25.8. The third-order valence-electron chi connectivity index (χ3n) is 7.15. The molecular formula is C32H24N2O4S. The summed E-state index contributed by atoms with van der Waals surface area (Å²) in [6.45, 7) is 2.07. The first-order valence-corrected chi connectivity index (χ1v) is 14.1. The Bertz CT molecular complexity index is 1870. The number of rotatable bonds is 5. The van der Waals surface area contributed by atoms with E-state index < -0.39 is 10.0 Å². The molecular weight excluding hydrogens is 508 g/mol. The van der Waals surface area contributed by atoms with Crippen molar-refractivity contribution in [2.45, 2.75) is 18.2 Å². The minimum atomic E-state index is -3.91. The van der Waals surface area contributed by atoms with Crippen molar-refractivity contribution in [3.8, 4) is 28.2 Å². The van der Waals surface area contributed by atoms with Gasteiger partial charge in [-0.3, -0.25) is 9.59 Å². The van der Waals surface area contributed by atoms with Crippen LogP contribution in [0, 0.1) is 0 Å². The lowest BCUT2D eigenvalue weighted by Gasteiger charge is -2.16. The van der Waals surface area contributed by atoms with E-state index in [9.17, 15) is 18.0 Å². The van der Waals surface area contributed by atoms with Gasteiger partial charge < -0.3 is 4.57 Å². The number of carbonyl (C=O) groups is 2. The topological polar surface area (TPSA) is 99.2 Å². The maximum atomic E-state index is 14.1. The Morgan fingerprint density at radius 1 is 0.641 bits per heavy atom. The molecule has 7 heteroatoms. The molecule has 0 radical (unpaired) electrons. The molecule has 0 saturated heterocycles. The van der Waals surface area contributed by atoms with Gasteiger partial charge in [-0.2, -0.15) is 0 Å². The number of benzene rings is 4. The summed E-state index contributed by atoms with van der Waals surface area (Å²) in [6.07, 6.45) is 0.856. The van der Waals surface area contributed by atoms with Gasteiger partial charge in [-0.25, -0.2) is 13.6 Å². The lowest BCUT2D eigenvalue weighted by atomic mass is 9.82. The van der Waals surface area contributed by atoms with E-state index in [4.69, 9.17) is 5.14 Å². The van der Waals surface area contributed by atoms with Crippen LogP contribution in [0.5, 0.6) is 0 Å². The van der Waals surface area contributed by atoms with Crippen molar-refractivity contribution in [2.24, 2.45) is 5.14 Å². The zero-order valence-electron chi connectivity index (χ0n) is 21.1. The van der Waals surface area contributed by atoms with Gasteiger partial charge in [-0.05, 0) is 47.4 Å². The van der Waals surface area contributed by atoms with Gasteiger partial charge in [0.2, 0.25) is 10.0 Å². The second-order valence-electron chi connectivity index (χ2n) is 9.44. The van der Waals surface area contributed by atoms with Gasteiger partial charge in [0.25, 0.3) is 0 Å². The highest BCUT2D eigenvalue weighted by Gasteiger charge is 2.39. The molecule has 0 aliphatic heterocycles. The molecule has 39 heavy (non-hydrogen) atoms. The molecule has 1 aromatic heterocycles. The van der Waals surface area contributed by atoms with Crippen molar-refractivity contribution >= 4 is 21.6 Å². The number of carbonyl (C=O) groups excluding carboxylic acids is 2. The third-order valence-corrected chi connectivity index (χ3v) is 8.08. The average Bonchev–Trinajstić information content (AvgIpc) is 3.33. The molecule has 2 N–H and O–H groups in total. The minimum absolute atomic E-state index is 0.0298.